The first-order chi connectivity index (χ1) is 10.8. The van der Waals surface area contributed by atoms with Gasteiger partial charge in [-0.2, -0.15) is 5.10 Å². The molecular formula is C15H22N4O3S. The SMILES string of the molecule is COC(=O)NC(C)c1nc(Cc2cccs2)nn1CC(C)(C)O. The number of rotatable bonds is 6. The molecule has 0 spiro atoms. The second-order valence-corrected chi connectivity index (χ2v) is 7.00. The lowest BCUT2D eigenvalue weighted by Crippen LogP contribution is -2.32. The number of thiophene rings is 1. The smallest absolute Gasteiger partial charge is 0.407 e. The van der Waals surface area contributed by atoms with Gasteiger partial charge in [0.15, 0.2) is 5.82 Å². The molecule has 2 aromatic heterocycles. The van der Waals surface area contributed by atoms with E-state index in [-0.39, 0.29) is 12.6 Å². The lowest BCUT2D eigenvalue weighted by molar-refractivity contribution is 0.0560. The van der Waals surface area contributed by atoms with Gasteiger partial charge >= 0.3 is 6.09 Å². The maximum Gasteiger partial charge on any atom is 0.407 e. The summed E-state index contributed by atoms with van der Waals surface area (Å²) in [6, 6.07) is 3.63. The predicted octanol–water partition coefficient (Wildman–Crippen LogP) is 2.12. The second kappa shape index (κ2) is 7.10. The summed E-state index contributed by atoms with van der Waals surface area (Å²) >= 11 is 1.64. The van der Waals surface area contributed by atoms with E-state index in [0.29, 0.717) is 18.1 Å². The van der Waals surface area contributed by atoms with Gasteiger partial charge in [0.2, 0.25) is 0 Å². The van der Waals surface area contributed by atoms with E-state index in [1.54, 1.807) is 36.8 Å². The highest BCUT2D eigenvalue weighted by atomic mass is 32.1. The Balaban J connectivity index is 2.25. The molecule has 0 fully saturated rings. The molecule has 0 aliphatic carbocycles. The molecule has 126 valence electrons. The highest BCUT2D eigenvalue weighted by molar-refractivity contribution is 7.09. The van der Waals surface area contributed by atoms with Gasteiger partial charge in [0.05, 0.1) is 25.3 Å². The minimum atomic E-state index is -0.937. The lowest BCUT2D eigenvalue weighted by atomic mass is 10.1. The second-order valence-electron chi connectivity index (χ2n) is 5.97. The molecule has 0 bridgehead atoms. The molecule has 1 unspecified atom stereocenters. The van der Waals surface area contributed by atoms with Gasteiger partial charge < -0.3 is 15.2 Å². The zero-order chi connectivity index (χ0) is 17.0. The first-order valence-corrected chi connectivity index (χ1v) is 8.19. The molecule has 0 aromatic carbocycles. The van der Waals surface area contributed by atoms with Crippen LogP contribution in [0.15, 0.2) is 17.5 Å². The van der Waals surface area contributed by atoms with Crippen LogP contribution in [0.1, 0.15) is 43.3 Å². The molecule has 2 N–H and O–H groups in total. The summed E-state index contributed by atoms with van der Waals surface area (Å²) in [6.45, 7) is 5.50. The number of aromatic nitrogens is 3. The van der Waals surface area contributed by atoms with Gasteiger partial charge in [-0.15, -0.1) is 11.3 Å². The third-order valence-electron chi connectivity index (χ3n) is 3.10. The summed E-state index contributed by atoms with van der Waals surface area (Å²) < 4.78 is 6.26. The molecule has 0 aliphatic rings. The molecule has 2 rings (SSSR count). The Kier molecular flexibility index (Phi) is 5.38. The topological polar surface area (TPSA) is 89.3 Å². The molecule has 1 atom stereocenters. The summed E-state index contributed by atoms with van der Waals surface area (Å²) in [5.41, 5.74) is -0.937. The van der Waals surface area contributed by atoms with E-state index in [9.17, 15) is 9.90 Å². The van der Waals surface area contributed by atoms with Crippen molar-refractivity contribution in [2.24, 2.45) is 0 Å². The van der Waals surface area contributed by atoms with E-state index >= 15 is 0 Å². The van der Waals surface area contributed by atoms with Gasteiger partial charge in [0, 0.05) is 11.3 Å². The van der Waals surface area contributed by atoms with Crippen molar-refractivity contribution >= 4 is 17.4 Å². The average molecular weight is 338 g/mol. The van der Waals surface area contributed by atoms with Gasteiger partial charge in [0.1, 0.15) is 5.82 Å². The quantitative estimate of drug-likeness (QED) is 0.842. The molecular weight excluding hydrogens is 316 g/mol. The normalized spacial score (nSPS) is 12.9. The Morgan fingerprint density at radius 1 is 1.57 bits per heavy atom. The monoisotopic (exact) mass is 338 g/mol. The Morgan fingerprint density at radius 2 is 2.30 bits per heavy atom. The van der Waals surface area contributed by atoms with Crippen molar-refractivity contribution in [3.05, 3.63) is 34.0 Å². The minimum absolute atomic E-state index is 0.285. The number of carbonyl (C=O) groups is 1. The van der Waals surface area contributed by atoms with Gasteiger partial charge in [-0.1, -0.05) is 6.07 Å². The molecule has 0 radical (unpaired) electrons. The minimum Gasteiger partial charge on any atom is -0.453 e. The van der Waals surface area contributed by atoms with Crippen molar-refractivity contribution < 1.29 is 14.6 Å². The number of nitrogens with one attached hydrogen (secondary N) is 1. The first-order valence-electron chi connectivity index (χ1n) is 7.31. The highest BCUT2D eigenvalue weighted by Gasteiger charge is 2.23. The number of ether oxygens (including phenoxy) is 1. The van der Waals surface area contributed by atoms with Crippen molar-refractivity contribution in [2.45, 2.75) is 45.4 Å². The fraction of sp³-hybridized carbons (Fsp3) is 0.533. The van der Waals surface area contributed by atoms with E-state index in [0.717, 1.165) is 4.88 Å². The zero-order valence-electron chi connectivity index (χ0n) is 13.7. The van der Waals surface area contributed by atoms with Crippen LogP contribution in [-0.4, -0.2) is 38.7 Å². The number of amides is 1. The maximum absolute atomic E-state index is 11.4. The molecule has 1 amide bonds. The van der Waals surface area contributed by atoms with Gasteiger partial charge in [0.25, 0.3) is 0 Å². The molecule has 0 aliphatic heterocycles. The zero-order valence-corrected chi connectivity index (χ0v) is 14.6. The van der Waals surface area contributed by atoms with Crippen LogP contribution >= 0.6 is 11.3 Å². The molecule has 0 saturated carbocycles. The molecule has 7 nitrogen and oxygen atoms in total. The Labute approximate surface area is 139 Å². The fourth-order valence-electron chi connectivity index (χ4n) is 2.15. The van der Waals surface area contributed by atoms with E-state index in [1.807, 2.05) is 17.5 Å². The van der Waals surface area contributed by atoms with Crippen LogP contribution in [0.4, 0.5) is 4.79 Å². The summed E-state index contributed by atoms with van der Waals surface area (Å²) in [4.78, 5) is 17.1. The molecule has 2 aromatic rings. The number of methoxy groups -OCH3 is 1. The summed E-state index contributed by atoms with van der Waals surface area (Å²) in [6.07, 6.45) is 0.0872. The van der Waals surface area contributed by atoms with Crippen LogP contribution in [0.25, 0.3) is 0 Å². The molecule has 2 heterocycles. The molecule has 0 saturated heterocycles. The standard InChI is InChI=1S/C15H22N4O3S/c1-10(16-14(20)22-4)13-17-12(8-11-6-5-7-23-11)18-19(13)9-15(2,3)21/h5-7,10,21H,8-9H2,1-4H3,(H,16,20). The first kappa shape index (κ1) is 17.4. The van der Waals surface area contributed by atoms with Crippen LogP contribution in [0.2, 0.25) is 0 Å². The Hall–Kier alpha value is -1.93. The fourth-order valence-corrected chi connectivity index (χ4v) is 2.85. The maximum atomic E-state index is 11.4. The highest BCUT2D eigenvalue weighted by Crippen LogP contribution is 2.18. The van der Waals surface area contributed by atoms with Crippen molar-refractivity contribution in [3.8, 4) is 0 Å². The largest absolute Gasteiger partial charge is 0.453 e. The van der Waals surface area contributed by atoms with E-state index < -0.39 is 11.7 Å². The third kappa shape index (κ3) is 5.04. The summed E-state index contributed by atoms with van der Waals surface area (Å²) in [5.74, 6) is 1.24. The van der Waals surface area contributed by atoms with Crippen molar-refractivity contribution in [3.63, 3.8) is 0 Å². The molecule has 23 heavy (non-hydrogen) atoms. The van der Waals surface area contributed by atoms with Crippen molar-refractivity contribution in [1.29, 1.82) is 0 Å². The van der Waals surface area contributed by atoms with E-state index in [4.69, 9.17) is 0 Å². The van der Waals surface area contributed by atoms with E-state index in [1.165, 1.54) is 7.11 Å². The number of nitrogens with zero attached hydrogens (tertiary/aromatic N) is 3. The van der Waals surface area contributed by atoms with E-state index in [2.05, 4.69) is 20.1 Å². The van der Waals surface area contributed by atoms with Gasteiger partial charge in [-0.3, -0.25) is 0 Å². The summed E-state index contributed by atoms with van der Waals surface area (Å²) in [5, 5.41) is 19.2. The Morgan fingerprint density at radius 3 is 2.87 bits per heavy atom. The van der Waals surface area contributed by atoms with Crippen LogP contribution in [0, 0.1) is 0 Å². The molecule has 8 heteroatoms. The van der Waals surface area contributed by atoms with Gasteiger partial charge in [-0.25, -0.2) is 14.5 Å². The number of hydrogen-bond acceptors (Lipinski definition) is 6. The van der Waals surface area contributed by atoms with Crippen LogP contribution < -0.4 is 5.32 Å². The number of alkyl carbamates (subject to hydrolysis) is 1. The lowest BCUT2D eigenvalue weighted by Gasteiger charge is -2.20. The van der Waals surface area contributed by atoms with Crippen LogP contribution in [0.5, 0.6) is 0 Å². The third-order valence-corrected chi connectivity index (χ3v) is 3.98. The van der Waals surface area contributed by atoms with Crippen molar-refractivity contribution in [2.75, 3.05) is 7.11 Å². The number of aliphatic hydroxyl groups is 1. The van der Waals surface area contributed by atoms with Crippen LogP contribution in [0.3, 0.4) is 0 Å². The summed E-state index contributed by atoms with van der Waals surface area (Å²) in [7, 11) is 1.31. The predicted molar refractivity (Wildman–Crippen MR) is 87.4 cm³/mol. The average Bonchev–Trinajstić information content (AvgIpc) is 3.07. The Bertz CT molecular complexity index is 646. The number of carbonyl (C=O) groups excluding carboxylic acids is 1. The van der Waals surface area contributed by atoms with Crippen molar-refractivity contribution in [1.82, 2.24) is 20.1 Å². The number of hydrogen-bond donors (Lipinski definition) is 2. The van der Waals surface area contributed by atoms with Crippen LogP contribution in [-0.2, 0) is 17.7 Å². The van der Waals surface area contributed by atoms with Gasteiger partial charge in [-0.05, 0) is 32.2 Å².